The Labute approximate surface area is 206 Å². The summed E-state index contributed by atoms with van der Waals surface area (Å²) < 4.78 is 19.0. The lowest BCUT2D eigenvalue weighted by Gasteiger charge is -2.38. The Morgan fingerprint density at radius 1 is 0.912 bits per heavy atom. The van der Waals surface area contributed by atoms with Gasteiger partial charge < -0.3 is 4.74 Å². The maximum Gasteiger partial charge on any atom is 0.311 e. The van der Waals surface area contributed by atoms with E-state index in [9.17, 15) is 9.18 Å². The molecule has 0 atom stereocenters. The van der Waals surface area contributed by atoms with Crippen molar-refractivity contribution in [1.29, 1.82) is 5.26 Å². The normalized spacial score (nSPS) is 25.0. The molecule has 3 nitrogen and oxygen atoms in total. The van der Waals surface area contributed by atoms with Gasteiger partial charge >= 0.3 is 5.97 Å². The Hall–Kier alpha value is -1.89. The monoisotopic (exact) mass is 469 g/mol. The van der Waals surface area contributed by atoms with Crippen molar-refractivity contribution in [2.24, 2.45) is 23.7 Å². The van der Waals surface area contributed by atoms with E-state index in [1.807, 2.05) is 0 Å². The molecule has 0 amide bonds. The molecule has 1 aromatic carbocycles. The molecule has 0 aromatic heterocycles. The third-order valence-corrected chi connectivity index (χ3v) is 8.46. The number of rotatable bonds is 12. The summed E-state index contributed by atoms with van der Waals surface area (Å²) >= 11 is 0. The van der Waals surface area contributed by atoms with E-state index >= 15 is 0 Å². The minimum Gasteiger partial charge on any atom is -0.426 e. The van der Waals surface area contributed by atoms with Crippen LogP contribution in [0.2, 0.25) is 0 Å². The van der Waals surface area contributed by atoms with Crippen molar-refractivity contribution in [2.45, 2.75) is 116 Å². The zero-order valence-corrected chi connectivity index (χ0v) is 21.2. The van der Waals surface area contributed by atoms with Crippen LogP contribution in [0, 0.1) is 40.8 Å². The fourth-order valence-corrected chi connectivity index (χ4v) is 6.26. The summed E-state index contributed by atoms with van der Waals surface area (Å²) in [5.41, 5.74) is -0.0390. The van der Waals surface area contributed by atoms with E-state index in [2.05, 4.69) is 6.92 Å². The number of ether oxygens (including phenoxy) is 1. The molecule has 0 saturated heterocycles. The minimum atomic E-state index is -0.650. The van der Waals surface area contributed by atoms with Crippen LogP contribution in [-0.4, -0.2) is 5.97 Å². The van der Waals surface area contributed by atoms with Crippen LogP contribution in [0.3, 0.4) is 0 Å². The van der Waals surface area contributed by atoms with Crippen molar-refractivity contribution in [3.63, 3.8) is 0 Å². The summed E-state index contributed by atoms with van der Waals surface area (Å²) in [6.45, 7) is 2.28. The van der Waals surface area contributed by atoms with Gasteiger partial charge in [-0.05, 0) is 67.9 Å². The summed E-state index contributed by atoms with van der Waals surface area (Å²) in [6.07, 6.45) is 22.0. The third-order valence-electron chi connectivity index (χ3n) is 8.46. The average Bonchev–Trinajstić information content (AvgIpc) is 2.86. The van der Waals surface area contributed by atoms with Crippen LogP contribution in [0.15, 0.2) is 18.2 Å². The molecule has 1 aromatic rings. The van der Waals surface area contributed by atoms with E-state index in [1.54, 1.807) is 6.07 Å². The minimum absolute atomic E-state index is 0.0390. The number of carbonyl (C=O) groups is 1. The molecule has 4 heteroatoms. The number of nitriles is 1. The predicted molar refractivity (Wildman–Crippen MR) is 135 cm³/mol. The number of hydrogen-bond acceptors (Lipinski definition) is 3. The first-order valence-electron chi connectivity index (χ1n) is 14.0. The molecule has 0 aliphatic heterocycles. The molecule has 3 rings (SSSR count). The number of esters is 1. The third kappa shape index (κ3) is 8.71. The molecular formula is C30H44FNO2. The largest absolute Gasteiger partial charge is 0.426 e. The van der Waals surface area contributed by atoms with E-state index in [-0.39, 0.29) is 17.3 Å². The highest BCUT2D eigenvalue weighted by Gasteiger charge is 2.30. The van der Waals surface area contributed by atoms with Crippen LogP contribution in [-0.2, 0) is 4.79 Å². The molecule has 0 radical (unpaired) electrons. The number of halogens is 1. The van der Waals surface area contributed by atoms with Gasteiger partial charge in [0, 0.05) is 12.5 Å². The number of unbranched alkanes of at least 4 members (excludes halogenated alkanes) is 5. The molecule has 0 spiro atoms. The molecular weight excluding hydrogens is 425 g/mol. The van der Waals surface area contributed by atoms with Gasteiger partial charge in [0.1, 0.15) is 17.6 Å². The summed E-state index contributed by atoms with van der Waals surface area (Å²) in [6, 6.07) is 5.72. The fraction of sp³-hybridized carbons (Fsp3) is 0.733. The topological polar surface area (TPSA) is 50.1 Å². The van der Waals surface area contributed by atoms with Crippen LogP contribution in [0.5, 0.6) is 5.75 Å². The zero-order valence-electron chi connectivity index (χ0n) is 21.2. The first-order chi connectivity index (χ1) is 16.6. The van der Waals surface area contributed by atoms with E-state index in [0.29, 0.717) is 12.3 Å². The van der Waals surface area contributed by atoms with Crippen molar-refractivity contribution in [1.82, 2.24) is 0 Å². The molecule has 2 aliphatic carbocycles. The Morgan fingerprint density at radius 3 is 2.09 bits per heavy atom. The van der Waals surface area contributed by atoms with Crippen LogP contribution in [0.4, 0.5) is 4.39 Å². The van der Waals surface area contributed by atoms with Gasteiger partial charge in [-0.1, -0.05) is 77.6 Å². The first kappa shape index (κ1) is 26.7. The summed E-state index contributed by atoms with van der Waals surface area (Å²) in [5.74, 6) is 2.62. The summed E-state index contributed by atoms with van der Waals surface area (Å²) in [4.78, 5) is 12.2. The molecule has 0 heterocycles. The molecule has 2 saturated carbocycles. The van der Waals surface area contributed by atoms with Gasteiger partial charge in [-0.25, -0.2) is 4.39 Å². The number of carbonyl (C=O) groups excluding carboxylic acids is 1. The second-order valence-electron chi connectivity index (χ2n) is 10.9. The highest BCUT2D eigenvalue weighted by atomic mass is 19.1. The molecule has 34 heavy (non-hydrogen) atoms. The van der Waals surface area contributed by atoms with E-state index in [0.717, 1.165) is 30.2 Å². The van der Waals surface area contributed by atoms with Crippen molar-refractivity contribution in [3.8, 4) is 11.8 Å². The van der Waals surface area contributed by atoms with Gasteiger partial charge in [-0.3, -0.25) is 4.79 Å². The molecule has 0 N–H and O–H groups in total. The molecule has 0 unspecified atom stereocenters. The van der Waals surface area contributed by atoms with Gasteiger partial charge in [0.05, 0.1) is 5.56 Å². The second kappa shape index (κ2) is 14.5. The van der Waals surface area contributed by atoms with Crippen molar-refractivity contribution < 1.29 is 13.9 Å². The summed E-state index contributed by atoms with van der Waals surface area (Å²) in [7, 11) is 0. The number of hydrogen-bond donors (Lipinski definition) is 0. The fourth-order valence-electron chi connectivity index (χ4n) is 6.26. The van der Waals surface area contributed by atoms with Gasteiger partial charge in [0.15, 0.2) is 0 Å². The molecule has 2 fully saturated rings. The average molecular weight is 470 g/mol. The van der Waals surface area contributed by atoms with E-state index in [1.165, 1.54) is 108 Å². The van der Waals surface area contributed by atoms with Crippen molar-refractivity contribution >= 4 is 5.97 Å². The quantitative estimate of drug-likeness (QED) is 0.175. The van der Waals surface area contributed by atoms with Crippen LogP contribution < -0.4 is 4.74 Å². The van der Waals surface area contributed by atoms with E-state index < -0.39 is 5.82 Å². The molecule has 0 bridgehead atoms. The molecule has 188 valence electrons. The van der Waals surface area contributed by atoms with Crippen LogP contribution in [0.25, 0.3) is 0 Å². The van der Waals surface area contributed by atoms with Gasteiger partial charge in [-0.15, -0.1) is 0 Å². The van der Waals surface area contributed by atoms with Crippen LogP contribution in [0.1, 0.15) is 122 Å². The smallest absolute Gasteiger partial charge is 0.311 e. The lowest BCUT2D eigenvalue weighted by molar-refractivity contribution is -0.134. The Kier molecular flexibility index (Phi) is 11.4. The Morgan fingerprint density at radius 2 is 1.50 bits per heavy atom. The van der Waals surface area contributed by atoms with Crippen LogP contribution >= 0.6 is 0 Å². The highest BCUT2D eigenvalue weighted by molar-refractivity contribution is 5.72. The zero-order chi connectivity index (χ0) is 24.2. The Bertz CT molecular complexity index is 785. The van der Waals surface area contributed by atoms with Gasteiger partial charge in [-0.2, -0.15) is 5.26 Å². The predicted octanol–water partition coefficient (Wildman–Crippen LogP) is 8.75. The molecule has 2 aliphatic rings. The standard InChI is InChI=1S/C30H44FNO2/c1-2-3-4-5-6-7-8-23-9-14-25(15-10-23)26-16-11-24(12-17-26)13-20-30(33)34-28-19-18-27(22-32)29(31)21-28/h18-19,21,23-26H,2-17,20H2,1H3/t23-,24?,25-,26?. The van der Waals surface area contributed by atoms with Crippen molar-refractivity contribution in [3.05, 3.63) is 29.6 Å². The number of nitrogens with zero attached hydrogens (tertiary/aromatic N) is 1. The van der Waals surface area contributed by atoms with Gasteiger partial charge in [0.25, 0.3) is 0 Å². The lowest BCUT2D eigenvalue weighted by Crippen LogP contribution is -2.26. The SMILES string of the molecule is CCCCCCCC[C@H]1CC[C@H](C2CCC(CCC(=O)Oc3ccc(C#N)c(F)c3)CC2)CC1. The Balaban J connectivity index is 1.27. The maximum absolute atomic E-state index is 13.7. The highest BCUT2D eigenvalue weighted by Crippen LogP contribution is 2.43. The first-order valence-corrected chi connectivity index (χ1v) is 14.0. The second-order valence-corrected chi connectivity index (χ2v) is 10.9. The van der Waals surface area contributed by atoms with Crippen molar-refractivity contribution in [2.75, 3.05) is 0 Å². The maximum atomic E-state index is 13.7. The summed E-state index contributed by atoms with van der Waals surface area (Å²) in [5, 5.41) is 8.80. The number of benzene rings is 1. The lowest BCUT2D eigenvalue weighted by atomic mass is 9.68. The van der Waals surface area contributed by atoms with Gasteiger partial charge in [0.2, 0.25) is 0 Å². The van der Waals surface area contributed by atoms with E-state index in [4.69, 9.17) is 10.00 Å².